The van der Waals surface area contributed by atoms with Crippen LogP contribution in [0.1, 0.15) is 15.9 Å². The second kappa shape index (κ2) is 6.06. The van der Waals surface area contributed by atoms with Crippen molar-refractivity contribution in [3.05, 3.63) is 65.9 Å². The Morgan fingerprint density at radius 2 is 1.70 bits per heavy atom. The number of aromatic nitrogens is 1. The minimum atomic E-state index is -3.76. The first-order valence-corrected chi connectivity index (χ1v) is 8.01. The molecule has 0 fully saturated rings. The first-order valence-electron chi connectivity index (χ1n) is 6.57. The minimum absolute atomic E-state index is 0. The minimum Gasteiger partial charge on any atom is -0.478 e. The summed E-state index contributed by atoms with van der Waals surface area (Å²) in [5, 5.41) is 9.58. The monoisotopic (exact) mass is 351 g/mol. The molecule has 0 unspecified atom stereocenters. The molecule has 23 heavy (non-hydrogen) atoms. The van der Waals surface area contributed by atoms with Gasteiger partial charge >= 0.3 is 5.97 Å². The normalized spacial score (nSPS) is 11.2. The molecule has 7 heteroatoms. The van der Waals surface area contributed by atoms with E-state index >= 15 is 0 Å². The molecule has 0 saturated heterocycles. The smallest absolute Gasteiger partial charge is 0.336 e. The fraction of sp³-hybridized carbons (Fsp3) is 0.0625. The number of carbonyl (C=O) groups is 1. The van der Waals surface area contributed by atoms with Crippen LogP contribution < -0.4 is 0 Å². The van der Waals surface area contributed by atoms with Gasteiger partial charge in [-0.1, -0.05) is 23.8 Å². The molecule has 3 rings (SSSR count). The topological polar surface area (TPSA) is 76.4 Å². The van der Waals surface area contributed by atoms with Crippen molar-refractivity contribution >= 4 is 39.3 Å². The Morgan fingerprint density at radius 1 is 1.04 bits per heavy atom. The third-order valence-electron chi connectivity index (χ3n) is 3.51. The predicted molar refractivity (Wildman–Crippen MR) is 89.9 cm³/mol. The summed E-state index contributed by atoms with van der Waals surface area (Å²) in [6, 6.07) is 12.6. The highest BCUT2D eigenvalue weighted by molar-refractivity contribution is 7.90. The number of halogens is 1. The molecular formula is C16H14ClNO4S. The molecule has 0 radical (unpaired) electrons. The Hall–Kier alpha value is -2.31. The summed E-state index contributed by atoms with van der Waals surface area (Å²) in [4.78, 5) is 11.4. The standard InChI is InChI=1S/C16H13NO4S.ClH/c1-11-5-7-12(8-6-11)22(20,21)17-10-9-13-14(16(18)19)3-2-4-15(13)17;/h2-10H,1H3,(H,18,19);1H. The van der Waals surface area contributed by atoms with Crippen LogP contribution in [-0.4, -0.2) is 23.5 Å². The number of carboxylic acids is 1. The van der Waals surface area contributed by atoms with Crippen LogP contribution in [0, 0.1) is 6.92 Å². The Labute approximate surface area is 139 Å². The number of hydrogen-bond acceptors (Lipinski definition) is 3. The zero-order chi connectivity index (χ0) is 15.9. The number of benzene rings is 2. The van der Waals surface area contributed by atoms with Gasteiger partial charge in [0.2, 0.25) is 0 Å². The van der Waals surface area contributed by atoms with Gasteiger partial charge in [-0.3, -0.25) is 0 Å². The number of nitrogens with zero attached hydrogens (tertiary/aromatic N) is 1. The van der Waals surface area contributed by atoms with Gasteiger partial charge in [0, 0.05) is 11.6 Å². The van der Waals surface area contributed by atoms with Crippen LogP contribution in [0.25, 0.3) is 10.9 Å². The van der Waals surface area contributed by atoms with Crippen molar-refractivity contribution in [2.24, 2.45) is 0 Å². The molecule has 0 bridgehead atoms. The highest BCUT2D eigenvalue weighted by atomic mass is 35.5. The molecule has 1 N–H and O–H groups in total. The third-order valence-corrected chi connectivity index (χ3v) is 5.21. The van der Waals surface area contributed by atoms with E-state index in [1.807, 2.05) is 6.92 Å². The number of aryl methyl sites for hydroxylation is 1. The molecule has 3 aromatic rings. The molecule has 0 saturated carbocycles. The highest BCUT2D eigenvalue weighted by Crippen LogP contribution is 2.25. The first-order chi connectivity index (χ1) is 10.4. The van der Waals surface area contributed by atoms with Crippen molar-refractivity contribution in [1.29, 1.82) is 0 Å². The summed E-state index contributed by atoms with van der Waals surface area (Å²) in [6.45, 7) is 1.88. The number of aromatic carboxylic acids is 1. The summed E-state index contributed by atoms with van der Waals surface area (Å²) in [7, 11) is -3.76. The first kappa shape index (κ1) is 17.1. The van der Waals surface area contributed by atoms with Gasteiger partial charge in [-0.15, -0.1) is 12.4 Å². The Morgan fingerprint density at radius 3 is 2.30 bits per heavy atom. The molecule has 120 valence electrons. The zero-order valence-corrected chi connectivity index (χ0v) is 13.8. The van der Waals surface area contributed by atoms with E-state index in [0.717, 1.165) is 9.54 Å². The SMILES string of the molecule is Cc1ccc(S(=O)(=O)n2ccc3c(C(=O)O)cccc32)cc1.Cl. The molecule has 0 amide bonds. The van der Waals surface area contributed by atoms with E-state index in [2.05, 4.69) is 0 Å². The van der Waals surface area contributed by atoms with Crippen molar-refractivity contribution in [1.82, 2.24) is 3.97 Å². The number of hydrogen-bond donors (Lipinski definition) is 1. The van der Waals surface area contributed by atoms with Gasteiger partial charge in [0.05, 0.1) is 16.0 Å². The average molecular weight is 352 g/mol. The Bertz CT molecular complexity index is 975. The maximum Gasteiger partial charge on any atom is 0.336 e. The van der Waals surface area contributed by atoms with E-state index in [4.69, 9.17) is 0 Å². The van der Waals surface area contributed by atoms with Crippen LogP contribution in [-0.2, 0) is 10.0 Å². The molecule has 0 aliphatic heterocycles. The van der Waals surface area contributed by atoms with E-state index < -0.39 is 16.0 Å². The van der Waals surface area contributed by atoms with Crippen LogP contribution in [0.15, 0.2) is 59.6 Å². The lowest BCUT2D eigenvalue weighted by atomic mass is 10.1. The van der Waals surface area contributed by atoms with E-state index in [-0.39, 0.29) is 22.9 Å². The van der Waals surface area contributed by atoms with Gasteiger partial charge in [0.25, 0.3) is 10.0 Å². The molecule has 1 aromatic heterocycles. The zero-order valence-electron chi connectivity index (χ0n) is 12.1. The summed E-state index contributed by atoms with van der Waals surface area (Å²) in [6.07, 6.45) is 1.38. The van der Waals surface area contributed by atoms with Crippen molar-refractivity contribution in [2.45, 2.75) is 11.8 Å². The number of rotatable bonds is 3. The second-order valence-electron chi connectivity index (χ2n) is 4.97. The van der Waals surface area contributed by atoms with Crippen LogP contribution in [0.4, 0.5) is 0 Å². The van der Waals surface area contributed by atoms with Crippen molar-refractivity contribution in [3.8, 4) is 0 Å². The predicted octanol–water partition coefficient (Wildman–Crippen LogP) is 3.31. The van der Waals surface area contributed by atoms with Crippen LogP contribution >= 0.6 is 12.4 Å². The third kappa shape index (κ3) is 2.83. The summed E-state index contributed by atoms with van der Waals surface area (Å²) in [5.41, 5.74) is 1.39. The maximum absolute atomic E-state index is 12.7. The summed E-state index contributed by atoms with van der Waals surface area (Å²) >= 11 is 0. The Kier molecular flexibility index (Phi) is 4.49. The summed E-state index contributed by atoms with van der Waals surface area (Å²) in [5.74, 6) is -1.09. The largest absolute Gasteiger partial charge is 0.478 e. The van der Waals surface area contributed by atoms with Crippen LogP contribution in [0.2, 0.25) is 0 Å². The Balaban J connectivity index is 0.00000192. The van der Waals surface area contributed by atoms with Crippen molar-refractivity contribution < 1.29 is 18.3 Å². The van der Waals surface area contributed by atoms with E-state index in [0.29, 0.717) is 10.9 Å². The average Bonchev–Trinajstić information content (AvgIpc) is 2.92. The fourth-order valence-electron chi connectivity index (χ4n) is 2.36. The lowest BCUT2D eigenvalue weighted by Crippen LogP contribution is -2.11. The van der Waals surface area contributed by atoms with Crippen molar-refractivity contribution in [2.75, 3.05) is 0 Å². The molecule has 0 atom stereocenters. The van der Waals surface area contributed by atoms with E-state index in [9.17, 15) is 18.3 Å². The quantitative estimate of drug-likeness (QED) is 0.785. The van der Waals surface area contributed by atoms with Gasteiger partial charge in [-0.2, -0.15) is 0 Å². The molecule has 5 nitrogen and oxygen atoms in total. The van der Waals surface area contributed by atoms with E-state index in [1.165, 1.54) is 36.5 Å². The number of fused-ring (bicyclic) bond motifs is 1. The van der Waals surface area contributed by atoms with Crippen molar-refractivity contribution in [3.63, 3.8) is 0 Å². The molecular weight excluding hydrogens is 338 g/mol. The van der Waals surface area contributed by atoms with Gasteiger partial charge in [-0.05, 0) is 37.3 Å². The second-order valence-corrected chi connectivity index (χ2v) is 6.79. The van der Waals surface area contributed by atoms with E-state index in [1.54, 1.807) is 18.2 Å². The fourth-order valence-corrected chi connectivity index (χ4v) is 3.71. The number of carboxylic acid groups (broad SMARTS) is 1. The van der Waals surface area contributed by atoms with Crippen LogP contribution in [0.5, 0.6) is 0 Å². The molecule has 0 aliphatic carbocycles. The molecule has 0 spiro atoms. The maximum atomic E-state index is 12.7. The summed E-state index contributed by atoms with van der Waals surface area (Å²) < 4.78 is 26.5. The molecule has 1 heterocycles. The highest BCUT2D eigenvalue weighted by Gasteiger charge is 2.20. The van der Waals surface area contributed by atoms with Crippen LogP contribution in [0.3, 0.4) is 0 Å². The molecule has 2 aromatic carbocycles. The lowest BCUT2D eigenvalue weighted by molar-refractivity contribution is 0.0699. The lowest BCUT2D eigenvalue weighted by Gasteiger charge is -2.08. The van der Waals surface area contributed by atoms with Gasteiger partial charge in [-0.25, -0.2) is 17.2 Å². The van der Waals surface area contributed by atoms with Gasteiger partial charge in [0.1, 0.15) is 0 Å². The molecule has 0 aliphatic rings. The van der Waals surface area contributed by atoms with Gasteiger partial charge < -0.3 is 5.11 Å². The van der Waals surface area contributed by atoms with Gasteiger partial charge in [0.15, 0.2) is 0 Å².